The number of anilines is 1. The third kappa shape index (κ3) is 2.60. The molecule has 1 aromatic carbocycles. The zero-order valence-corrected chi connectivity index (χ0v) is 12.4. The SMILES string of the molecule is Cc1nn(C)c(Cl)c1CSc1c(N)cccc1Cl. The van der Waals surface area contributed by atoms with Gasteiger partial charge in [0.15, 0.2) is 0 Å². The normalized spacial score (nSPS) is 10.9. The average molecular weight is 302 g/mol. The van der Waals surface area contributed by atoms with E-state index in [0.717, 1.165) is 16.2 Å². The minimum atomic E-state index is 0.658. The summed E-state index contributed by atoms with van der Waals surface area (Å²) in [6.45, 7) is 1.94. The van der Waals surface area contributed by atoms with E-state index in [4.69, 9.17) is 28.9 Å². The van der Waals surface area contributed by atoms with Crippen LogP contribution in [0.2, 0.25) is 10.2 Å². The minimum Gasteiger partial charge on any atom is -0.398 e. The Labute approximate surface area is 120 Å². The van der Waals surface area contributed by atoms with Crippen molar-refractivity contribution in [3.8, 4) is 0 Å². The van der Waals surface area contributed by atoms with Crippen LogP contribution in [0.3, 0.4) is 0 Å². The highest BCUT2D eigenvalue weighted by Crippen LogP contribution is 2.36. The molecule has 96 valence electrons. The first-order valence-corrected chi connectivity index (χ1v) is 7.09. The van der Waals surface area contributed by atoms with Crippen molar-refractivity contribution in [1.82, 2.24) is 9.78 Å². The largest absolute Gasteiger partial charge is 0.398 e. The van der Waals surface area contributed by atoms with Gasteiger partial charge in [0.25, 0.3) is 0 Å². The van der Waals surface area contributed by atoms with E-state index in [9.17, 15) is 0 Å². The van der Waals surface area contributed by atoms with E-state index in [1.165, 1.54) is 0 Å². The summed E-state index contributed by atoms with van der Waals surface area (Å²) in [4.78, 5) is 0.887. The first-order chi connectivity index (χ1) is 8.50. The summed E-state index contributed by atoms with van der Waals surface area (Å²) in [5.41, 5.74) is 8.54. The second-order valence-corrected chi connectivity index (χ2v) is 5.68. The molecular weight excluding hydrogens is 289 g/mol. The van der Waals surface area contributed by atoms with E-state index in [1.807, 2.05) is 32.2 Å². The number of rotatable bonds is 3. The Morgan fingerprint density at radius 3 is 2.67 bits per heavy atom. The molecule has 0 unspecified atom stereocenters. The van der Waals surface area contributed by atoms with Gasteiger partial charge in [0.1, 0.15) is 5.15 Å². The molecule has 3 nitrogen and oxygen atoms in total. The van der Waals surface area contributed by atoms with Crippen LogP contribution in [0, 0.1) is 6.92 Å². The fourth-order valence-electron chi connectivity index (χ4n) is 1.66. The summed E-state index contributed by atoms with van der Waals surface area (Å²) in [6.07, 6.45) is 0. The number of halogens is 2. The predicted octanol–water partition coefficient (Wildman–Crippen LogP) is 3.91. The predicted molar refractivity (Wildman–Crippen MR) is 78.4 cm³/mol. The van der Waals surface area contributed by atoms with Gasteiger partial charge in [-0.1, -0.05) is 29.3 Å². The van der Waals surface area contributed by atoms with Crippen molar-refractivity contribution in [2.75, 3.05) is 5.73 Å². The highest BCUT2D eigenvalue weighted by atomic mass is 35.5. The third-order valence-corrected chi connectivity index (χ3v) is 4.71. The molecule has 0 saturated heterocycles. The Morgan fingerprint density at radius 2 is 2.11 bits per heavy atom. The highest BCUT2D eigenvalue weighted by Gasteiger charge is 2.13. The van der Waals surface area contributed by atoms with Crippen molar-refractivity contribution >= 4 is 40.7 Å². The molecule has 1 heterocycles. The standard InChI is InChI=1S/C12H13Cl2N3S/c1-7-8(12(14)17(2)16-7)6-18-11-9(13)4-3-5-10(11)15/h3-5H,6,15H2,1-2H3. The monoisotopic (exact) mass is 301 g/mol. The van der Waals surface area contributed by atoms with E-state index in [-0.39, 0.29) is 0 Å². The number of nitrogens with zero attached hydrogens (tertiary/aromatic N) is 2. The molecular formula is C12H13Cl2N3S. The maximum atomic E-state index is 6.18. The molecule has 2 aromatic rings. The maximum Gasteiger partial charge on any atom is 0.131 e. The van der Waals surface area contributed by atoms with Gasteiger partial charge in [-0.2, -0.15) is 5.10 Å². The molecule has 0 atom stereocenters. The molecule has 6 heteroatoms. The Bertz CT molecular complexity index is 561. The molecule has 0 saturated carbocycles. The van der Waals surface area contributed by atoms with Crippen LogP contribution in [-0.4, -0.2) is 9.78 Å². The van der Waals surface area contributed by atoms with Crippen LogP contribution in [0.4, 0.5) is 5.69 Å². The smallest absolute Gasteiger partial charge is 0.131 e. The number of aromatic nitrogens is 2. The van der Waals surface area contributed by atoms with Gasteiger partial charge in [0.2, 0.25) is 0 Å². The van der Waals surface area contributed by atoms with Crippen LogP contribution in [0.15, 0.2) is 23.1 Å². The van der Waals surface area contributed by atoms with Gasteiger partial charge in [-0.3, -0.25) is 4.68 Å². The van der Waals surface area contributed by atoms with E-state index in [2.05, 4.69) is 5.10 Å². The zero-order valence-electron chi connectivity index (χ0n) is 10.1. The molecule has 0 radical (unpaired) electrons. The van der Waals surface area contributed by atoms with Gasteiger partial charge >= 0.3 is 0 Å². The molecule has 18 heavy (non-hydrogen) atoms. The first kappa shape index (κ1) is 13.6. The Balaban J connectivity index is 2.22. The van der Waals surface area contributed by atoms with Crippen molar-refractivity contribution in [1.29, 1.82) is 0 Å². The average Bonchev–Trinajstić information content (AvgIpc) is 2.54. The molecule has 1 aromatic heterocycles. The highest BCUT2D eigenvalue weighted by molar-refractivity contribution is 7.98. The van der Waals surface area contributed by atoms with E-state index < -0.39 is 0 Å². The Hall–Kier alpha value is -0.840. The van der Waals surface area contributed by atoms with Crippen LogP contribution in [0.5, 0.6) is 0 Å². The fraction of sp³-hybridized carbons (Fsp3) is 0.250. The van der Waals surface area contributed by atoms with Crippen molar-refractivity contribution in [2.24, 2.45) is 7.05 Å². The summed E-state index contributed by atoms with van der Waals surface area (Å²) >= 11 is 13.9. The first-order valence-electron chi connectivity index (χ1n) is 5.35. The van der Waals surface area contributed by atoms with Gasteiger partial charge in [0.05, 0.1) is 10.7 Å². The summed E-state index contributed by atoms with van der Waals surface area (Å²) in [5.74, 6) is 0.701. The molecule has 0 aliphatic carbocycles. The zero-order chi connectivity index (χ0) is 13.3. The third-order valence-electron chi connectivity index (χ3n) is 2.63. The lowest BCUT2D eigenvalue weighted by Gasteiger charge is -2.07. The minimum absolute atomic E-state index is 0.658. The number of nitrogen functional groups attached to an aromatic ring is 1. The van der Waals surface area contributed by atoms with Crippen molar-refractivity contribution < 1.29 is 0 Å². The second kappa shape index (κ2) is 5.43. The quantitative estimate of drug-likeness (QED) is 0.690. The summed E-state index contributed by atoms with van der Waals surface area (Å²) < 4.78 is 1.67. The molecule has 0 aliphatic rings. The van der Waals surface area contributed by atoms with Crippen molar-refractivity contribution in [3.05, 3.63) is 39.6 Å². The lowest BCUT2D eigenvalue weighted by Crippen LogP contribution is -1.91. The fourth-order valence-corrected chi connectivity index (χ4v) is 3.40. The van der Waals surface area contributed by atoms with Crippen LogP contribution in [-0.2, 0) is 12.8 Å². The van der Waals surface area contributed by atoms with Crippen LogP contribution in [0.25, 0.3) is 0 Å². The van der Waals surface area contributed by atoms with Gasteiger partial charge in [-0.25, -0.2) is 0 Å². The molecule has 0 spiro atoms. The van der Waals surface area contributed by atoms with Gasteiger partial charge < -0.3 is 5.73 Å². The number of aryl methyl sites for hydroxylation is 2. The molecule has 0 amide bonds. The van der Waals surface area contributed by atoms with Gasteiger partial charge in [-0.05, 0) is 19.1 Å². The Morgan fingerprint density at radius 1 is 1.39 bits per heavy atom. The summed E-state index contributed by atoms with van der Waals surface area (Å²) in [5, 5.41) is 5.60. The molecule has 0 aliphatic heterocycles. The van der Waals surface area contributed by atoms with E-state index >= 15 is 0 Å². The second-order valence-electron chi connectivity index (χ2n) is 3.93. The molecule has 2 rings (SSSR count). The lowest BCUT2D eigenvalue weighted by atomic mass is 10.3. The number of hydrogen-bond donors (Lipinski definition) is 1. The molecule has 0 fully saturated rings. The van der Waals surface area contributed by atoms with E-state index in [1.54, 1.807) is 16.4 Å². The summed E-state index contributed by atoms with van der Waals surface area (Å²) in [7, 11) is 1.83. The molecule has 2 N–H and O–H groups in total. The van der Waals surface area contributed by atoms with Crippen LogP contribution >= 0.6 is 35.0 Å². The number of thioether (sulfide) groups is 1. The number of hydrogen-bond acceptors (Lipinski definition) is 3. The van der Waals surface area contributed by atoms with Crippen LogP contribution < -0.4 is 5.73 Å². The van der Waals surface area contributed by atoms with Crippen molar-refractivity contribution in [3.63, 3.8) is 0 Å². The Kier molecular flexibility index (Phi) is 4.10. The number of benzene rings is 1. The molecule has 0 bridgehead atoms. The van der Waals surface area contributed by atoms with E-state index in [0.29, 0.717) is 21.6 Å². The lowest BCUT2D eigenvalue weighted by molar-refractivity contribution is 0.757. The topological polar surface area (TPSA) is 43.8 Å². The number of nitrogens with two attached hydrogens (primary N) is 1. The van der Waals surface area contributed by atoms with Crippen LogP contribution in [0.1, 0.15) is 11.3 Å². The van der Waals surface area contributed by atoms with Crippen molar-refractivity contribution in [2.45, 2.75) is 17.6 Å². The summed E-state index contributed by atoms with van der Waals surface area (Å²) in [6, 6.07) is 5.51. The van der Waals surface area contributed by atoms with Gasteiger partial charge in [0, 0.05) is 28.9 Å². The van der Waals surface area contributed by atoms with Gasteiger partial charge in [-0.15, -0.1) is 11.8 Å². The maximum absolute atomic E-state index is 6.18.